The minimum absolute atomic E-state index is 1.17. The van der Waals surface area contributed by atoms with Crippen molar-refractivity contribution < 1.29 is 0 Å². The molecule has 0 saturated heterocycles. The number of hydrogen-bond donors (Lipinski definition) is 0. The van der Waals surface area contributed by atoms with Crippen LogP contribution in [-0.2, 0) is 0 Å². The Kier molecular flexibility index (Phi) is 4.26. The van der Waals surface area contributed by atoms with E-state index in [4.69, 9.17) is 0 Å². The van der Waals surface area contributed by atoms with Crippen LogP contribution in [0.4, 0.5) is 17.1 Å². The van der Waals surface area contributed by atoms with E-state index in [-0.39, 0.29) is 0 Å². The first-order chi connectivity index (χ1) is 16.4. The summed E-state index contributed by atoms with van der Waals surface area (Å²) in [5.74, 6) is 0. The summed E-state index contributed by atoms with van der Waals surface area (Å²) in [4.78, 5) is 2.45. The van der Waals surface area contributed by atoms with Crippen molar-refractivity contribution in [3.05, 3.63) is 115 Å². The van der Waals surface area contributed by atoms with Gasteiger partial charge in [0, 0.05) is 46.0 Å². The molecule has 0 aliphatic carbocycles. The third-order valence-corrected chi connectivity index (χ3v) is 8.53. The number of thiophene rings is 2. The molecule has 0 amide bonds. The van der Waals surface area contributed by atoms with Gasteiger partial charge < -0.3 is 4.90 Å². The van der Waals surface area contributed by atoms with Crippen LogP contribution in [-0.4, -0.2) is 0 Å². The normalized spacial score (nSPS) is 11.6. The van der Waals surface area contributed by atoms with Gasteiger partial charge in [0.15, 0.2) is 0 Å². The molecule has 0 radical (unpaired) electrons. The summed E-state index contributed by atoms with van der Waals surface area (Å²) >= 11 is 3.73. The third-order valence-electron chi connectivity index (χ3n) is 6.26. The van der Waals surface area contributed by atoms with E-state index < -0.39 is 0 Å². The molecule has 0 N–H and O–H groups in total. The minimum atomic E-state index is 1.17. The van der Waals surface area contributed by atoms with Crippen molar-refractivity contribution in [3.63, 3.8) is 0 Å². The average Bonchev–Trinajstić information content (AvgIpc) is 3.44. The summed E-state index contributed by atoms with van der Waals surface area (Å²) in [5.41, 5.74) is 3.61. The van der Waals surface area contributed by atoms with Crippen LogP contribution in [0.15, 0.2) is 115 Å². The van der Waals surface area contributed by atoms with E-state index in [0.29, 0.717) is 0 Å². The molecule has 33 heavy (non-hydrogen) atoms. The van der Waals surface area contributed by atoms with E-state index in [1.54, 1.807) is 0 Å². The predicted octanol–water partition coefficient (Wildman–Crippen LogP) is 9.89. The second-order valence-corrected chi connectivity index (χ2v) is 10.3. The Labute approximate surface area is 199 Å². The number of anilines is 3. The topological polar surface area (TPSA) is 3.24 Å². The maximum Gasteiger partial charge on any atom is 0.0555 e. The number of nitrogens with zero attached hydrogens (tertiary/aromatic N) is 1. The zero-order chi connectivity index (χ0) is 21.8. The van der Waals surface area contributed by atoms with Gasteiger partial charge in [0.2, 0.25) is 0 Å². The van der Waals surface area contributed by atoms with E-state index in [1.165, 1.54) is 57.4 Å². The lowest BCUT2D eigenvalue weighted by Gasteiger charge is -2.27. The van der Waals surface area contributed by atoms with Crippen LogP contribution in [0.2, 0.25) is 0 Å². The predicted molar refractivity (Wildman–Crippen MR) is 147 cm³/mol. The van der Waals surface area contributed by atoms with Gasteiger partial charge in [-0.2, -0.15) is 0 Å². The molecule has 0 fully saturated rings. The molecule has 0 unspecified atom stereocenters. The van der Waals surface area contributed by atoms with Crippen molar-refractivity contribution in [1.29, 1.82) is 0 Å². The number of para-hydroxylation sites is 1. The number of rotatable bonds is 3. The van der Waals surface area contributed by atoms with E-state index in [1.807, 2.05) is 22.7 Å². The molecular formula is C30H19NS2. The lowest BCUT2D eigenvalue weighted by atomic mass is 10.1. The van der Waals surface area contributed by atoms with E-state index in [9.17, 15) is 0 Å². The van der Waals surface area contributed by atoms with Crippen molar-refractivity contribution >= 4 is 80.1 Å². The second kappa shape index (κ2) is 7.45. The van der Waals surface area contributed by atoms with Gasteiger partial charge in [-0.05, 0) is 48.5 Å². The maximum atomic E-state index is 2.45. The number of hydrogen-bond acceptors (Lipinski definition) is 3. The Morgan fingerprint density at radius 1 is 0.394 bits per heavy atom. The average molecular weight is 458 g/mol. The molecule has 0 aliphatic heterocycles. The first kappa shape index (κ1) is 18.9. The summed E-state index contributed by atoms with van der Waals surface area (Å²) < 4.78 is 5.29. The molecule has 0 spiro atoms. The van der Waals surface area contributed by atoms with Crippen molar-refractivity contribution in [3.8, 4) is 0 Å². The molecule has 2 heterocycles. The first-order valence-electron chi connectivity index (χ1n) is 11.0. The largest absolute Gasteiger partial charge is 0.309 e. The molecule has 7 aromatic rings. The SMILES string of the molecule is c1ccc(N(c2cccc3sc4ccccc4c23)c2cccc3sc4ccccc4c23)cc1. The summed E-state index contributed by atoms with van der Waals surface area (Å²) in [5, 5.41) is 5.27. The Bertz CT molecular complexity index is 1660. The smallest absolute Gasteiger partial charge is 0.0555 e. The van der Waals surface area contributed by atoms with Gasteiger partial charge in [-0.1, -0.05) is 66.7 Å². The Morgan fingerprint density at radius 2 is 0.848 bits per heavy atom. The fraction of sp³-hybridized carbons (Fsp3) is 0. The lowest BCUT2D eigenvalue weighted by Crippen LogP contribution is -2.10. The molecule has 3 heteroatoms. The van der Waals surface area contributed by atoms with E-state index in [2.05, 4.69) is 120 Å². The highest BCUT2D eigenvalue weighted by Crippen LogP contribution is 2.48. The number of benzene rings is 5. The lowest BCUT2D eigenvalue weighted by molar-refractivity contribution is 1.32. The van der Waals surface area contributed by atoms with Gasteiger partial charge in [0.25, 0.3) is 0 Å². The highest BCUT2D eigenvalue weighted by molar-refractivity contribution is 7.26. The highest BCUT2D eigenvalue weighted by Gasteiger charge is 2.21. The monoisotopic (exact) mass is 457 g/mol. The van der Waals surface area contributed by atoms with Crippen LogP contribution in [0.25, 0.3) is 40.3 Å². The van der Waals surface area contributed by atoms with Crippen LogP contribution in [0.3, 0.4) is 0 Å². The van der Waals surface area contributed by atoms with Crippen LogP contribution in [0, 0.1) is 0 Å². The van der Waals surface area contributed by atoms with Crippen LogP contribution in [0.1, 0.15) is 0 Å². The molecule has 156 valence electrons. The van der Waals surface area contributed by atoms with Gasteiger partial charge in [-0.15, -0.1) is 22.7 Å². The van der Waals surface area contributed by atoms with Crippen LogP contribution >= 0.6 is 22.7 Å². The van der Waals surface area contributed by atoms with Crippen LogP contribution in [0.5, 0.6) is 0 Å². The first-order valence-corrected chi connectivity index (χ1v) is 12.7. The van der Waals surface area contributed by atoms with Gasteiger partial charge in [-0.25, -0.2) is 0 Å². The van der Waals surface area contributed by atoms with Crippen molar-refractivity contribution in [2.45, 2.75) is 0 Å². The Morgan fingerprint density at radius 3 is 1.39 bits per heavy atom. The van der Waals surface area contributed by atoms with Gasteiger partial charge in [-0.3, -0.25) is 0 Å². The van der Waals surface area contributed by atoms with Crippen LogP contribution < -0.4 is 4.90 Å². The van der Waals surface area contributed by atoms with Crippen molar-refractivity contribution in [2.75, 3.05) is 4.90 Å². The van der Waals surface area contributed by atoms with Gasteiger partial charge in [0.05, 0.1) is 11.4 Å². The molecule has 7 rings (SSSR count). The molecule has 0 saturated carbocycles. The summed E-state index contributed by atoms with van der Waals surface area (Å²) in [6, 6.07) is 41.7. The molecular weight excluding hydrogens is 438 g/mol. The molecule has 0 atom stereocenters. The summed E-state index contributed by atoms with van der Waals surface area (Å²) in [7, 11) is 0. The fourth-order valence-electron chi connectivity index (χ4n) is 4.87. The van der Waals surface area contributed by atoms with Gasteiger partial charge in [0.1, 0.15) is 0 Å². The zero-order valence-corrected chi connectivity index (χ0v) is 19.4. The molecule has 0 bridgehead atoms. The molecule has 2 aromatic heterocycles. The quantitative estimate of drug-likeness (QED) is 0.255. The van der Waals surface area contributed by atoms with Crippen molar-refractivity contribution in [1.82, 2.24) is 0 Å². The van der Waals surface area contributed by atoms with Gasteiger partial charge >= 0.3 is 0 Å². The second-order valence-electron chi connectivity index (χ2n) is 8.17. The number of fused-ring (bicyclic) bond motifs is 6. The zero-order valence-electron chi connectivity index (χ0n) is 17.7. The standard InChI is InChI=1S/C30H19NS2/c1-2-10-20(11-3-1)31(23-14-8-18-27-29(23)21-12-4-6-16-25(21)32-27)24-15-9-19-28-30(24)22-13-5-7-17-26(22)33-28/h1-19H. The highest BCUT2D eigenvalue weighted by atomic mass is 32.1. The minimum Gasteiger partial charge on any atom is -0.309 e. The molecule has 1 nitrogen and oxygen atoms in total. The molecule has 0 aliphatic rings. The third kappa shape index (κ3) is 2.90. The van der Waals surface area contributed by atoms with Crippen molar-refractivity contribution in [2.24, 2.45) is 0 Å². The maximum absolute atomic E-state index is 2.45. The fourth-order valence-corrected chi connectivity index (χ4v) is 7.12. The molecule has 5 aromatic carbocycles. The van der Waals surface area contributed by atoms with E-state index >= 15 is 0 Å². The van der Waals surface area contributed by atoms with E-state index in [0.717, 1.165) is 0 Å². The Hall–Kier alpha value is -3.66. The summed E-state index contributed by atoms with van der Waals surface area (Å²) in [6.07, 6.45) is 0. The summed E-state index contributed by atoms with van der Waals surface area (Å²) in [6.45, 7) is 0. The Balaban J connectivity index is 1.62.